The van der Waals surface area contributed by atoms with Crippen LogP contribution in [-0.2, 0) is 0 Å². The number of furan rings is 1. The molecule has 5 nitrogen and oxygen atoms in total. The lowest BCUT2D eigenvalue weighted by molar-refractivity contribution is 0.0659. The Morgan fingerprint density at radius 2 is 2.12 bits per heavy atom. The third-order valence-corrected chi connectivity index (χ3v) is 3.32. The van der Waals surface area contributed by atoms with Crippen molar-refractivity contribution in [2.24, 2.45) is 0 Å². The molecule has 1 rings (SSSR count). The third-order valence-electron chi connectivity index (χ3n) is 2.28. The van der Waals surface area contributed by atoms with Crippen LogP contribution in [0.4, 0.5) is 0 Å². The van der Waals surface area contributed by atoms with Gasteiger partial charge in [-0.2, -0.15) is 11.8 Å². The molecule has 0 aliphatic heterocycles. The summed E-state index contributed by atoms with van der Waals surface area (Å²) in [6.45, 7) is 2.62. The Morgan fingerprint density at radius 1 is 1.47 bits per heavy atom. The first-order valence-corrected chi connectivity index (χ1v) is 6.47. The van der Waals surface area contributed by atoms with Crippen molar-refractivity contribution in [1.29, 1.82) is 0 Å². The van der Waals surface area contributed by atoms with Gasteiger partial charge in [0.25, 0.3) is 5.91 Å². The van der Waals surface area contributed by atoms with Crippen LogP contribution < -0.4 is 5.32 Å². The van der Waals surface area contributed by atoms with Gasteiger partial charge in [-0.1, -0.05) is 6.92 Å². The molecule has 6 heteroatoms. The predicted molar refractivity (Wildman–Crippen MR) is 65.6 cm³/mol. The Hall–Kier alpha value is -1.43. The molecule has 1 aromatic rings. The molecule has 0 bridgehead atoms. The van der Waals surface area contributed by atoms with Crippen LogP contribution in [-0.4, -0.2) is 35.0 Å². The lowest BCUT2D eigenvalue weighted by Crippen LogP contribution is -2.25. The first kappa shape index (κ1) is 13.6. The molecule has 94 valence electrons. The highest BCUT2D eigenvalue weighted by Gasteiger charge is 2.14. The summed E-state index contributed by atoms with van der Waals surface area (Å²) < 4.78 is 4.87. The summed E-state index contributed by atoms with van der Waals surface area (Å²) in [5.41, 5.74) is 0. The van der Waals surface area contributed by atoms with Crippen molar-refractivity contribution in [2.75, 3.05) is 12.8 Å². The minimum atomic E-state index is -1.18. The molecule has 1 atom stereocenters. The molecule has 0 spiro atoms. The van der Waals surface area contributed by atoms with Crippen LogP contribution in [0.25, 0.3) is 0 Å². The number of hydrogen-bond donors (Lipinski definition) is 2. The van der Waals surface area contributed by atoms with Crippen LogP contribution in [0.1, 0.15) is 34.5 Å². The van der Waals surface area contributed by atoms with Crippen molar-refractivity contribution < 1.29 is 19.1 Å². The molecule has 0 saturated heterocycles. The molecule has 2 N–H and O–H groups in total. The summed E-state index contributed by atoms with van der Waals surface area (Å²) >= 11 is 1.73. The Kier molecular flexibility index (Phi) is 5.09. The van der Waals surface area contributed by atoms with Crippen LogP contribution in [0.5, 0.6) is 0 Å². The molecule has 1 heterocycles. The van der Waals surface area contributed by atoms with E-state index in [-0.39, 0.29) is 17.4 Å². The summed E-state index contributed by atoms with van der Waals surface area (Å²) in [6.07, 6.45) is 2.87. The number of carboxylic acid groups (broad SMARTS) is 1. The standard InChI is InChI=1S/C11H15NO4S/c1-7(17-2)5-6-12-10(13)8-3-4-9(16-8)11(14)15/h3-4,7H,5-6H2,1-2H3,(H,12,13)(H,14,15). The predicted octanol–water partition coefficient (Wildman–Crippen LogP) is 1.85. The minimum Gasteiger partial charge on any atom is -0.475 e. The van der Waals surface area contributed by atoms with E-state index in [9.17, 15) is 9.59 Å². The molecule has 0 aliphatic rings. The topological polar surface area (TPSA) is 79.5 Å². The zero-order chi connectivity index (χ0) is 12.8. The molecular weight excluding hydrogens is 242 g/mol. The molecule has 0 aliphatic carbocycles. The van der Waals surface area contributed by atoms with E-state index in [2.05, 4.69) is 12.2 Å². The zero-order valence-corrected chi connectivity index (χ0v) is 10.5. The van der Waals surface area contributed by atoms with E-state index in [1.54, 1.807) is 11.8 Å². The fourth-order valence-electron chi connectivity index (χ4n) is 1.17. The van der Waals surface area contributed by atoms with Gasteiger partial charge in [0.15, 0.2) is 5.76 Å². The number of carboxylic acids is 1. The second-order valence-electron chi connectivity index (χ2n) is 3.56. The van der Waals surface area contributed by atoms with Gasteiger partial charge in [0.05, 0.1) is 0 Å². The summed E-state index contributed by atoms with van der Waals surface area (Å²) in [6, 6.07) is 2.62. The zero-order valence-electron chi connectivity index (χ0n) is 9.73. The SMILES string of the molecule is CSC(C)CCNC(=O)c1ccc(C(=O)O)o1. The van der Waals surface area contributed by atoms with Crippen LogP contribution in [0.2, 0.25) is 0 Å². The van der Waals surface area contributed by atoms with Crippen LogP contribution in [0.15, 0.2) is 16.5 Å². The quantitative estimate of drug-likeness (QED) is 0.813. The lowest BCUT2D eigenvalue weighted by atomic mass is 10.3. The number of hydrogen-bond acceptors (Lipinski definition) is 4. The van der Waals surface area contributed by atoms with Gasteiger partial charge in [0, 0.05) is 11.8 Å². The normalized spacial score (nSPS) is 12.1. The van der Waals surface area contributed by atoms with E-state index in [1.807, 2.05) is 6.26 Å². The molecule has 0 radical (unpaired) electrons. The first-order chi connectivity index (χ1) is 8.04. The van der Waals surface area contributed by atoms with Crippen LogP contribution >= 0.6 is 11.8 Å². The molecule has 1 aromatic heterocycles. The van der Waals surface area contributed by atoms with Crippen molar-refractivity contribution in [3.63, 3.8) is 0 Å². The maximum absolute atomic E-state index is 11.5. The van der Waals surface area contributed by atoms with Crippen molar-refractivity contribution in [2.45, 2.75) is 18.6 Å². The fourth-order valence-corrected chi connectivity index (χ4v) is 1.52. The average molecular weight is 257 g/mol. The van der Waals surface area contributed by atoms with Crippen LogP contribution in [0, 0.1) is 0 Å². The first-order valence-electron chi connectivity index (χ1n) is 5.18. The molecule has 1 unspecified atom stereocenters. The van der Waals surface area contributed by atoms with E-state index in [0.29, 0.717) is 11.8 Å². The number of aromatic carboxylic acids is 1. The van der Waals surface area contributed by atoms with Gasteiger partial charge in [-0.3, -0.25) is 4.79 Å². The molecule has 1 amide bonds. The monoisotopic (exact) mass is 257 g/mol. The van der Waals surface area contributed by atoms with E-state index < -0.39 is 5.97 Å². The number of amides is 1. The molecule has 17 heavy (non-hydrogen) atoms. The highest BCUT2D eigenvalue weighted by molar-refractivity contribution is 7.99. The highest BCUT2D eigenvalue weighted by atomic mass is 32.2. The number of carbonyl (C=O) groups excluding carboxylic acids is 1. The van der Waals surface area contributed by atoms with Crippen molar-refractivity contribution in [1.82, 2.24) is 5.32 Å². The molecule has 0 fully saturated rings. The van der Waals surface area contributed by atoms with Crippen LogP contribution in [0.3, 0.4) is 0 Å². The maximum atomic E-state index is 11.5. The van der Waals surface area contributed by atoms with Gasteiger partial charge < -0.3 is 14.8 Å². The Bertz CT molecular complexity index is 402. The summed E-state index contributed by atoms with van der Waals surface area (Å²) in [5, 5.41) is 11.8. The minimum absolute atomic E-state index is 0.0270. The number of rotatable bonds is 6. The second kappa shape index (κ2) is 6.34. The van der Waals surface area contributed by atoms with Gasteiger partial charge >= 0.3 is 5.97 Å². The summed E-state index contributed by atoms with van der Waals surface area (Å²) in [5.74, 6) is -1.77. The lowest BCUT2D eigenvalue weighted by Gasteiger charge is -2.07. The Labute approximate surface area is 104 Å². The largest absolute Gasteiger partial charge is 0.475 e. The summed E-state index contributed by atoms with van der Waals surface area (Å²) in [7, 11) is 0. The van der Waals surface area contributed by atoms with Crippen molar-refractivity contribution >= 4 is 23.6 Å². The molecular formula is C11H15NO4S. The van der Waals surface area contributed by atoms with E-state index in [4.69, 9.17) is 9.52 Å². The molecule has 0 saturated carbocycles. The van der Waals surface area contributed by atoms with E-state index in [1.165, 1.54) is 12.1 Å². The second-order valence-corrected chi connectivity index (χ2v) is 4.84. The fraction of sp³-hybridized carbons (Fsp3) is 0.455. The van der Waals surface area contributed by atoms with Gasteiger partial charge in [0.2, 0.25) is 5.76 Å². The number of nitrogens with one attached hydrogen (secondary N) is 1. The number of carbonyl (C=O) groups is 2. The van der Waals surface area contributed by atoms with Gasteiger partial charge in [-0.15, -0.1) is 0 Å². The van der Waals surface area contributed by atoms with Gasteiger partial charge in [-0.25, -0.2) is 4.79 Å². The smallest absolute Gasteiger partial charge is 0.371 e. The van der Waals surface area contributed by atoms with Gasteiger partial charge in [-0.05, 0) is 24.8 Å². The van der Waals surface area contributed by atoms with Crippen molar-refractivity contribution in [3.05, 3.63) is 23.7 Å². The maximum Gasteiger partial charge on any atom is 0.371 e. The highest BCUT2D eigenvalue weighted by Crippen LogP contribution is 2.09. The molecule has 0 aromatic carbocycles. The van der Waals surface area contributed by atoms with E-state index in [0.717, 1.165) is 6.42 Å². The van der Waals surface area contributed by atoms with Gasteiger partial charge in [0.1, 0.15) is 0 Å². The third kappa shape index (κ3) is 4.14. The van der Waals surface area contributed by atoms with E-state index >= 15 is 0 Å². The van der Waals surface area contributed by atoms with Crippen molar-refractivity contribution in [3.8, 4) is 0 Å². The average Bonchev–Trinajstić information content (AvgIpc) is 2.78. The Morgan fingerprint density at radius 3 is 2.65 bits per heavy atom. The Balaban J connectivity index is 2.44. The number of thioether (sulfide) groups is 1. The summed E-state index contributed by atoms with van der Waals surface area (Å²) in [4.78, 5) is 22.1.